The third kappa shape index (κ3) is 2.55. The summed E-state index contributed by atoms with van der Waals surface area (Å²) >= 11 is 4.17. The Morgan fingerprint density at radius 2 is 1.73 bits per heavy atom. The van der Waals surface area contributed by atoms with Gasteiger partial charge in [0.15, 0.2) is 0 Å². The van der Waals surface area contributed by atoms with E-state index in [-0.39, 0.29) is 0 Å². The van der Waals surface area contributed by atoms with E-state index in [2.05, 4.69) is 77.4 Å². The van der Waals surface area contributed by atoms with E-state index in [1.165, 1.54) is 19.6 Å². The summed E-state index contributed by atoms with van der Waals surface area (Å²) in [5, 5.41) is 0. The Balaban J connectivity index is 2.52. The fourth-order valence-electron chi connectivity index (χ4n) is 1.47. The molecule has 0 radical (unpaired) electrons. The number of rotatable bonds is 2. The maximum atomic E-state index is 2.39. The normalized spacial score (nSPS) is 10.3. The predicted octanol–water partition coefficient (Wildman–Crippen LogP) is 4.68. The number of hydrogen-bond acceptors (Lipinski definition) is 1. The maximum Gasteiger partial charge on any atom is 0.0209 e. The first-order chi connectivity index (χ1) is 7.31. The zero-order valence-corrected chi connectivity index (χ0v) is 11.4. The number of hydrogen-bond donors (Lipinski definition) is 0. The fourth-order valence-corrected chi connectivity index (χ4v) is 2.56. The van der Waals surface area contributed by atoms with Crippen LogP contribution in [0, 0.1) is 3.57 Å². The average molecular weight is 326 g/mol. The van der Waals surface area contributed by atoms with Crippen LogP contribution in [0.1, 0.15) is 0 Å². The second-order valence-electron chi connectivity index (χ2n) is 3.21. The van der Waals surface area contributed by atoms with Gasteiger partial charge >= 0.3 is 0 Å². The second kappa shape index (κ2) is 5.03. The Morgan fingerprint density at radius 3 is 2.40 bits per heavy atom. The maximum absolute atomic E-state index is 2.39. The Morgan fingerprint density at radius 1 is 1.00 bits per heavy atom. The number of thioether (sulfide) groups is 1. The van der Waals surface area contributed by atoms with Crippen LogP contribution in [0.15, 0.2) is 53.4 Å². The molecule has 0 spiro atoms. The van der Waals surface area contributed by atoms with Gasteiger partial charge in [-0.25, -0.2) is 0 Å². The molecule has 0 fully saturated rings. The summed E-state index contributed by atoms with van der Waals surface area (Å²) in [5.74, 6) is 0. The summed E-state index contributed by atoms with van der Waals surface area (Å²) in [4.78, 5) is 1.31. The minimum Gasteiger partial charge on any atom is -0.130 e. The van der Waals surface area contributed by atoms with Crippen LogP contribution in [-0.2, 0) is 0 Å². The molecule has 0 nitrogen and oxygen atoms in total. The van der Waals surface area contributed by atoms with Gasteiger partial charge in [0, 0.05) is 8.47 Å². The van der Waals surface area contributed by atoms with Crippen LogP contribution in [0.3, 0.4) is 0 Å². The van der Waals surface area contributed by atoms with Crippen molar-refractivity contribution < 1.29 is 0 Å². The smallest absolute Gasteiger partial charge is 0.0209 e. The molecule has 0 heterocycles. The molecule has 0 N–H and O–H groups in total. The van der Waals surface area contributed by atoms with E-state index in [4.69, 9.17) is 0 Å². The lowest BCUT2D eigenvalue weighted by Gasteiger charge is -2.06. The van der Waals surface area contributed by atoms with Crippen LogP contribution < -0.4 is 0 Å². The zero-order chi connectivity index (χ0) is 10.7. The molecule has 2 aromatic carbocycles. The third-order valence-electron chi connectivity index (χ3n) is 2.26. The summed E-state index contributed by atoms with van der Waals surface area (Å²) in [6, 6.07) is 17.1. The van der Waals surface area contributed by atoms with E-state index in [1.54, 1.807) is 11.8 Å². The van der Waals surface area contributed by atoms with E-state index in [1.807, 2.05) is 0 Å². The van der Waals surface area contributed by atoms with Gasteiger partial charge in [0.05, 0.1) is 0 Å². The summed E-state index contributed by atoms with van der Waals surface area (Å²) in [7, 11) is 0. The molecule has 0 aliphatic rings. The molecule has 0 atom stereocenters. The second-order valence-corrected chi connectivity index (χ2v) is 5.25. The van der Waals surface area contributed by atoms with Gasteiger partial charge in [0.1, 0.15) is 0 Å². The van der Waals surface area contributed by atoms with Crippen molar-refractivity contribution in [1.82, 2.24) is 0 Å². The molecule has 2 rings (SSSR count). The molecular formula is C13H11IS. The summed E-state index contributed by atoms with van der Waals surface area (Å²) in [6.45, 7) is 0. The molecule has 0 saturated heterocycles. The van der Waals surface area contributed by atoms with Crippen molar-refractivity contribution in [2.24, 2.45) is 0 Å². The largest absolute Gasteiger partial charge is 0.130 e. The molecule has 0 aliphatic heterocycles. The van der Waals surface area contributed by atoms with Gasteiger partial charge in [-0.15, -0.1) is 11.8 Å². The molecule has 0 aromatic heterocycles. The van der Waals surface area contributed by atoms with Crippen molar-refractivity contribution in [2.45, 2.75) is 4.90 Å². The van der Waals surface area contributed by atoms with Crippen molar-refractivity contribution >= 4 is 34.4 Å². The first-order valence-electron chi connectivity index (χ1n) is 4.70. The molecule has 0 unspecified atom stereocenters. The Labute approximate surface area is 108 Å². The van der Waals surface area contributed by atoms with Gasteiger partial charge < -0.3 is 0 Å². The van der Waals surface area contributed by atoms with Crippen LogP contribution in [0.5, 0.6) is 0 Å². The topological polar surface area (TPSA) is 0 Å². The van der Waals surface area contributed by atoms with Crippen LogP contribution in [-0.4, -0.2) is 6.26 Å². The molecule has 0 aliphatic carbocycles. The zero-order valence-electron chi connectivity index (χ0n) is 8.41. The Bertz CT molecular complexity index is 451. The quantitative estimate of drug-likeness (QED) is 0.570. The molecule has 15 heavy (non-hydrogen) atoms. The molecule has 76 valence electrons. The fraction of sp³-hybridized carbons (Fsp3) is 0.0769. The van der Waals surface area contributed by atoms with E-state index < -0.39 is 0 Å². The van der Waals surface area contributed by atoms with E-state index in [0.29, 0.717) is 0 Å². The lowest BCUT2D eigenvalue weighted by molar-refractivity contribution is 1.43. The molecule has 0 saturated carbocycles. The highest BCUT2D eigenvalue weighted by Gasteiger charge is 2.03. The highest BCUT2D eigenvalue weighted by atomic mass is 127. The lowest BCUT2D eigenvalue weighted by atomic mass is 10.1. The Kier molecular flexibility index (Phi) is 3.70. The molecule has 0 bridgehead atoms. The highest BCUT2D eigenvalue weighted by molar-refractivity contribution is 14.1. The highest BCUT2D eigenvalue weighted by Crippen LogP contribution is 2.29. The van der Waals surface area contributed by atoms with Crippen molar-refractivity contribution in [3.05, 3.63) is 52.1 Å². The minimum absolute atomic E-state index is 1.29. The van der Waals surface area contributed by atoms with Crippen LogP contribution in [0.25, 0.3) is 11.1 Å². The molecule has 2 aromatic rings. The van der Waals surface area contributed by atoms with Crippen LogP contribution >= 0.6 is 34.4 Å². The van der Waals surface area contributed by atoms with E-state index in [9.17, 15) is 0 Å². The summed E-state index contributed by atoms with van der Waals surface area (Å²) in [5.41, 5.74) is 2.61. The number of halogens is 1. The standard InChI is InChI=1S/C13H11IS/c1-15-11-7-8-13(14)12(9-11)10-5-3-2-4-6-10/h2-9H,1H3. The van der Waals surface area contributed by atoms with Crippen molar-refractivity contribution in [1.29, 1.82) is 0 Å². The first-order valence-corrected chi connectivity index (χ1v) is 7.00. The minimum atomic E-state index is 1.29. The van der Waals surface area contributed by atoms with Crippen LogP contribution in [0.4, 0.5) is 0 Å². The van der Waals surface area contributed by atoms with Crippen molar-refractivity contribution in [3.8, 4) is 11.1 Å². The van der Waals surface area contributed by atoms with Gasteiger partial charge in [-0.2, -0.15) is 0 Å². The average Bonchev–Trinajstić information content (AvgIpc) is 2.31. The lowest BCUT2D eigenvalue weighted by Crippen LogP contribution is -1.83. The van der Waals surface area contributed by atoms with Gasteiger partial charge in [0.25, 0.3) is 0 Å². The van der Waals surface area contributed by atoms with Gasteiger partial charge in [-0.3, -0.25) is 0 Å². The summed E-state index contributed by atoms with van der Waals surface area (Å²) < 4.78 is 1.30. The molecule has 0 amide bonds. The monoisotopic (exact) mass is 326 g/mol. The van der Waals surface area contributed by atoms with Crippen molar-refractivity contribution in [2.75, 3.05) is 6.26 Å². The van der Waals surface area contributed by atoms with E-state index >= 15 is 0 Å². The molecular weight excluding hydrogens is 315 g/mol. The van der Waals surface area contributed by atoms with E-state index in [0.717, 1.165) is 0 Å². The van der Waals surface area contributed by atoms with Gasteiger partial charge in [-0.1, -0.05) is 30.3 Å². The third-order valence-corrected chi connectivity index (χ3v) is 3.92. The van der Waals surface area contributed by atoms with Crippen LogP contribution in [0.2, 0.25) is 0 Å². The first kappa shape index (κ1) is 11.0. The summed E-state index contributed by atoms with van der Waals surface area (Å²) in [6.07, 6.45) is 2.11. The van der Waals surface area contributed by atoms with Gasteiger partial charge in [-0.05, 0) is 58.2 Å². The molecule has 2 heteroatoms. The van der Waals surface area contributed by atoms with Crippen molar-refractivity contribution in [3.63, 3.8) is 0 Å². The Hall–Kier alpha value is -0.480. The predicted molar refractivity (Wildman–Crippen MR) is 76.4 cm³/mol. The number of benzene rings is 2. The van der Waals surface area contributed by atoms with Gasteiger partial charge in [0.2, 0.25) is 0 Å². The SMILES string of the molecule is CSc1ccc(I)c(-c2ccccc2)c1.